The molecule has 0 aliphatic heterocycles. The van der Waals surface area contributed by atoms with Crippen LogP contribution in [-0.2, 0) is 11.2 Å². The van der Waals surface area contributed by atoms with E-state index in [9.17, 15) is 13.6 Å². The molecule has 0 saturated carbocycles. The summed E-state index contributed by atoms with van der Waals surface area (Å²) in [6.45, 7) is -0.0843. The van der Waals surface area contributed by atoms with Crippen LogP contribution < -0.4 is 5.73 Å². The Labute approximate surface area is 74.4 Å². The number of carbonyl (C=O) groups excluding carboxylic acids is 1. The van der Waals surface area contributed by atoms with Crippen LogP contribution in [0.25, 0.3) is 0 Å². The van der Waals surface area contributed by atoms with Gasteiger partial charge in [-0.25, -0.2) is 8.78 Å². The molecule has 0 heterocycles. The second-order valence-electron chi connectivity index (χ2n) is 2.67. The molecule has 4 heteroatoms. The smallest absolute Gasteiger partial charge is 0.159 e. The Balaban J connectivity index is 2.79. The van der Waals surface area contributed by atoms with Gasteiger partial charge in [0.15, 0.2) is 17.4 Å². The number of ketones is 1. The highest BCUT2D eigenvalue weighted by atomic mass is 19.2. The summed E-state index contributed by atoms with van der Waals surface area (Å²) in [6.07, 6.45) is 0.0493. The van der Waals surface area contributed by atoms with Crippen molar-refractivity contribution in [3.05, 3.63) is 35.4 Å². The van der Waals surface area contributed by atoms with Crippen LogP contribution in [-0.4, -0.2) is 12.3 Å². The van der Waals surface area contributed by atoms with Crippen LogP contribution in [0.2, 0.25) is 0 Å². The zero-order valence-electron chi connectivity index (χ0n) is 6.89. The van der Waals surface area contributed by atoms with E-state index in [4.69, 9.17) is 5.73 Å². The van der Waals surface area contributed by atoms with Crippen molar-refractivity contribution in [2.75, 3.05) is 6.54 Å². The van der Waals surface area contributed by atoms with Crippen molar-refractivity contribution < 1.29 is 13.6 Å². The zero-order valence-corrected chi connectivity index (χ0v) is 6.89. The number of benzene rings is 1. The predicted molar refractivity (Wildman–Crippen MR) is 44.1 cm³/mol. The lowest BCUT2D eigenvalue weighted by Gasteiger charge is -1.99. The van der Waals surface area contributed by atoms with Gasteiger partial charge in [0.1, 0.15) is 0 Å². The number of rotatable bonds is 3. The molecule has 0 bridgehead atoms. The van der Waals surface area contributed by atoms with E-state index in [0.717, 1.165) is 12.1 Å². The van der Waals surface area contributed by atoms with Crippen molar-refractivity contribution in [1.29, 1.82) is 0 Å². The Kier molecular flexibility index (Phi) is 3.08. The molecule has 2 N–H and O–H groups in total. The molecule has 0 saturated heterocycles. The summed E-state index contributed by atoms with van der Waals surface area (Å²) in [5, 5.41) is 0. The van der Waals surface area contributed by atoms with Crippen molar-refractivity contribution in [2.24, 2.45) is 5.73 Å². The average Bonchev–Trinajstić information content (AvgIpc) is 2.11. The van der Waals surface area contributed by atoms with Gasteiger partial charge in [-0.15, -0.1) is 0 Å². The van der Waals surface area contributed by atoms with Gasteiger partial charge in [0.05, 0.1) is 6.54 Å². The minimum atomic E-state index is -0.942. The number of halogens is 2. The van der Waals surface area contributed by atoms with Crippen molar-refractivity contribution >= 4 is 5.78 Å². The normalized spacial score (nSPS) is 10.1. The topological polar surface area (TPSA) is 43.1 Å². The van der Waals surface area contributed by atoms with Gasteiger partial charge in [0, 0.05) is 6.42 Å². The number of hydrogen-bond donors (Lipinski definition) is 1. The van der Waals surface area contributed by atoms with Gasteiger partial charge in [-0.1, -0.05) is 6.07 Å². The summed E-state index contributed by atoms with van der Waals surface area (Å²) in [6, 6.07) is 3.36. The molecular formula is C9H9F2NO. The molecule has 1 aromatic carbocycles. The number of nitrogens with two attached hydrogens (primary N) is 1. The summed E-state index contributed by atoms with van der Waals surface area (Å²) < 4.78 is 25.0. The monoisotopic (exact) mass is 185 g/mol. The Morgan fingerprint density at radius 2 is 2.00 bits per heavy atom. The predicted octanol–water partition coefficient (Wildman–Crippen LogP) is 1.04. The van der Waals surface area contributed by atoms with E-state index in [2.05, 4.69) is 0 Å². The van der Waals surface area contributed by atoms with Crippen LogP contribution >= 0.6 is 0 Å². The molecular weight excluding hydrogens is 176 g/mol. The molecule has 0 aliphatic rings. The number of hydrogen-bond acceptors (Lipinski definition) is 2. The molecule has 2 nitrogen and oxygen atoms in total. The maximum absolute atomic E-state index is 12.6. The first-order chi connectivity index (χ1) is 6.13. The maximum atomic E-state index is 12.6. The molecule has 0 aliphatic carbocycles. The van der Waals surface area contributed by atoms with Crippen LogP contribution in [0.3, 0.4) is 0 Å². The van der Waals surface area contributed by atoms with Gasteiger partial charge >= 0.3 is 0 Å². The second kappa shape index (κ2) is 4.09. The standard InChI is InChI=1S/C9H9F2NO/c10-8-2-1-6(4-9(8)11)3-7(13)5-12/h1-2,4H,3,5,12H2. The van der Waals surface area contributed by atoms with E-state index in [-0.39, 0.29) is 18.7 Å². The summed E-state index contributed by atoms with van der Waals surface area (Å²) in [4.78, 5) is 10.8. The molecule has 0 atom stereocenters. The average molecular weight is 185 g/mol. The van der Waals surface area contributed by atoms with Gasteiger partial charge < -0.3 is 5.73 Å². The third-order valence-corrected chi connectivity index (χ3v) is 1.61. The second-order valence-corrected chi connectivity index (χ2v) is 2.67. The van der Waals surface area contributed by atoms with E-state index in [1.165, 1.54) is 6.07 Å². The first-order valence-corrected chi connectivity index (χ1v) is 3.79. The van der Waals surface area contributed by atoms with Gasteiger partial charge in [-0.2, -0.15) is 0 Å². The van der Waals surface area contributed by atoms with Crippen molar-refractivity contribution in [3.63, 3.8) is 0 Å². The third-order valence-electron chi connectivity index (χ3n) is 1.61. The van der Waals surface area contributed by atoms with E-state index < -0.39 is 11.6 Å². The summed E-state index contributed by atoms with van der Waals surface area (Å²) in [7, 11) is 0. The molecule has 1 rings (SSSR count). The number of Topliss-reactive ketones (excluding diaryl/α,β-unsaturated/α-hetero) is 1. The zero-order chi connectivity index (χ0) is 9.84. The molecule has 0 fully saturated rings. The molecule has 1 aromatic rings. The van der Waals surface area contributed by atoms with Gasteiger partial charge in [-0.3, -0.25) is 4.79 Å². The Morgan fingerprint density at radius 1 is 1.31 bits per heavy atom. The Morgan fingerprint density at radius 3 is 2.54 bits per heavy atom. The molecule has 0 spiro atoms. The summed E-state index contributed by atoms with van der Waals surface area (Å²) in [5.74, 6) is -2.06. The van der Waals surface area contributed by atoms with E-state index in [0.29, 0.717) is 5.56 Å². The SMILES string of the molecule is NCC(=O)Cc1ccc(F)c(F)c1. The van der Waals surface area contributed by atoms with Gasteiger partial charge in [0.2, 0.25) is 0 Å². The molecule has 0 radical (unpaired) electrons. The largest absolute Gasteiger partial charge is 0.324 e. The number of carbonyl (C=O) groups is 1. The van der Waals surface area contributed by atoms with Crippen molar-refractivity contribution in [3.8, 4) is 0 Å². The molecule has 13 heavy (non-hydrogen) atoms. The molecule has 0 aromatic heterocycles. The van der Waals surface area contributed by atoms with Crippen molar-refractivity contribution in [1.82, 2.24) is 0 Å². The van der Waals surface area contributed by atoms with Crippen LogP contribution in [0.1, 0.15) is 5.56 Å². The minimum Gasteiger partial charge on any atom is -0.324 e. The lowest BCUT2D eigenvalue weighted by molar-refractivity contribution is -0.117. The lowest BCUT2D eigenvalue weighted by Crippen LogP contribution is -2.15. The highest BCUT2D eigenvalue weighted by Gasteiger charge is 2.05. The first kappa shape index (κ1) is 9.80. The van der Waals surface area contributed by atoms with Crippen LogP contribution in [0.4, 0.5) is 8.78 Å². The Hall–Kier alpha value is -1.29. The maximum Gasteiger partial charge on any atom is 0.159 e. The Bertz CT molecular complexity index is 325. The highest BCUT2D eigenvalue weighted by Crippen LogP contribution is 2.09. The first-order valence-electron chi connectivity index (χ1n) is 3.79. The van der Waals surface area contributed by atoms with Crippen LogP contribution in [0.5, 0.6) is 0 Å². The molecule has 0 unspecified atom stereocenters. The van der Waals surface area contributed by atoms with Crippen LogP contribution in [0.15, 0.2) is 18.2 Å². The van der Waals surface area contributed by atoms with Crippen molar-refractivity contribution in [2.45, 2.75) is 6.42 Å². The fourth-order valence-corrected chi connectivity index (χ4v) is 0.949. The van der Waals surface area contributed by atoms with E-state index in [1.807, 2.05) is 0 Å². The van der Waals surface area contributed by atoms with Gasteiger partial charge in [0.25, 0.3) is 0 Å². The van der Waals surface area contributed by atoms with Crippen LogP contribution in [0, 0.1) is 11.6 Å². The summed E-state index contributed by atoms with van der Waals surface area (Å²) in [5.41, 5.74) is 5.51. The molecule has 70 valence electrons. The van der Waals surface area contributed by atoms with E-state index >= 15 is 0 Å². The highest BCUT2D eigenvalue weighted by molar-refractivity contribution is 5.82. The quantitative estimate of drug-likeness (QED) is 0.764. The third kappa shape index (κ3) is 2.59. The van der Waals surface area contributed by atoms with E-state index in [1.54, 1.807) is 0 Å². The minimum absolute atomic E-state index is 0.0493. The lowest BCUT2D eigenvalue weighted by atomic mass is 10.1. The fraction of sp³-hybridized carbons (Fsp3) is 0.222. The summed E-state index contributed by atoms with van der Waals surface area (Å²) >= 11 is 0. The van der Waals surface area contributed by atoms with Gasteiger partial charge in [-0.05, 0) is 17.7 Å². The molecule has 0 amide bonds. The fourth-order valence-electron chi connectivity index (χ4n) is 0.949.